The van der Waals surface area contributed by atoms with Crippen molar-refractivity contribution in [1.82, 2.24) is 10.2 Å². The Labute approximate surface area is 191 Å². The number of carbonyl (C=O) groups excluding carboxylic acids is 2. The molecule has 0 aromatic heterocycles. The molecular weight excluding hydrogens is 512 g/mol. The molecule has 1 N–H and O–H groups in total. The molecule has 4 rings (SSSR count). The number of halogens is 2. The summed E-state index contributed by atoms with van der Waals surface area (Å²) in [5, 5.41) is 4.97. The van der Waals surface area contributed by atoms with Gasteiger partial charge in [-0.3, -0.25) is 9.69 Å². The second-order valence-corrected chi connectivity index (χ2v) is 8.53. The predicted octanol–water partition coefficient (Wildman–Crippen LogP) is 5.86. The van der Waals surface area contributed by atoms with Crippen molar-refractivity contribution in [3.8, 4) is 5.75 Å². The van der Waals surface area contributed by atoms with E-state index in [0.29, 0.717) is 18.9 Å². The van der Waals surface area contributed by atoms with Gasteiger partial charge >= 0.3 is 6.03 Å². The van der Waals surface area contributed by atoms with Gasteiger partial charge in [0.1, 0.15) is 18.1 Å². The number of nitrogens with one attached hydrogen (secondary N) is 1. The average molecular weight is 530 g/mol. The van der Waals surface area contributed by atoms with Gasteiger partial charge in [0, 0.05) is 6.54 Å². The maximum Gasteiger partial charge on any atom is 0.328 e. The molecule has 0 radical (unpaired) electrons. The second kappa shape index (κ2) is 8.62. The standard InChI is InChI=1S/C23H18Br2N2O3/c1-2-27-22(28)20(26-23(27)29)12-15-10-18(24)21(19(25)11-15)30-13-14-7-8-16-5-3-4-6-17(16)9-14/h3-12H,2,13H2,1H3,(H,26,29)/b20-12+. The van der Waals surface area contributed by atoms with E-state index in [0.717, 1.165) is 25.0 Å². The van der Waals surface area contributed by atoms with Crippen molar-refractivity contribution < 1.29 is 14.3 Å². The Kier molecular flexibility index (Phi) is 5.92. The Balaban J connectivity index is 1.53. The Morgan fingerprint density at radius 3 is 2.37 bits per heavy atom. The van der Waals surface area contributed by atoms with Gasteiger partial charge in [-0.25, -0.2) is 4.79 Å². The zero-order chi connectivity index (χ0) is 21.3. The van der Waals surface area contributed by atoms with E-state index in [1.54, 1.807) is 13.0 Å². The van der Waals surface area contributed by atoms with Gasteiger partial charge in [0.25, 0.3) is 5.91 Å². The van der Waals surface area contributed by atoms with E-state index in [-0.39, 0.29) is 11.6 Å². The summed E-state index contributed by atoms with van der Waals surface area (Å²) in [5.41, 5.74) is 2.08. The third-order valence-corrected chi connectivity index (χ3v) is 5.99. The van der Waals surface area contributed by atoms with Gasteiger partial charge in [-0.15, -0.1) is 0 Å². The highest BCUT2D eigenvalue weighted by atomic mass is 79.9. The van der Waals surface area contributed by atoms with Crippen molar-refractivity contribution in [2.45, 2.75) is 13.5 Å². The zero-order valence-electron chi connectivity index (χ0n) is 16.1. The van der Waals surface area contributed by atoms with Gasteiger partial charge in [-0.1, -0.05) is 36.4 Å². The van der Waals surface area contributed by atoms with E-state index in [1.165, 1.54) is 10.8 Å². The van der Waals surface area contributed by atoms with Gasteiger partial charge in [0.15, 0.2) is 0 Å². The summed E-state index contributed by atoms with van der Waals surface area (Å²) in [5.74, 6) is 0.341. The van der Waals surface area contributed by atoms with Gasteiger partial charge < -0.3 is 10.1 Å². The molecule has 1 heterocycles. The van der Waals surface area contributed by atoms with Gasteiger partial charge in [0.2, 0.25) is 0 Å². The Bertz CT molecular complexity index is 1170. The first kappa shape index (κ1) is 20.6. The first-order valence-corrected chi connectivity index (χ1v) is 11.0. The molecule has 3 aromatic rings. The normalized spacial score (nSPS) is 15.2. The van der Waals surface area contributed by atoms with Crippen LogP contribution in [0, 0.1) is 0 Å². The van der Waals surface area contributed by atoms with Crippen LogP contribution in [0.1, 0.15) is 18.1 Å². The van der Waals surface area contributed by atoms with Crippen molar-refractivity contribution in [1.29, 1.82) is 0 Å². The highest BCUT2D eigenvalue weighted by Gasteiger charge is 2.32. The van der Waals surface area contributed by atoms with Crippen LogP contribution in [-0.2, 0) is 11.4 Å². The number of imide groups is 1. The maximum atomic E-state index is 12.3. The SMILES string of the molecule is CCN1C(=O)N/C(=C/c2cc(Br)c(OCc3ccc4ccccc4c3)c(Br)c2)C1=O. The quantitative estimate of drug-likeness (QED) is 0.333. The lowest BCUT2D eigenvalue weighted by molar-refractivity contribution is -0.122. The van der Waals surface area contributed by atoms with Crippen molar-refractivity contribution in [2.75, 3.05) is 6.54 Å². The lowest BCUT2D eigenvalue weighted by atomic mass is 10.1. The number of hydrogen-bond acceptors (Lipinski definition) is 3. The summed E-state index contributed by atoms with van der Waals surface area (Å²) in [4.78, 5) is 25.3. The molecule has 7 heteroatoms. The topological polar surface area (TPSA) is 58.6 Å². The summed E-state index contributed by atoms with van der Waals surface area (Å²) in [6.45, 7) is 2.51. The molecule has 1 fully saturated rings. The van der Waals surface area contributed by atoms with Crippen LogP contribution < -0.4 is 10.1 Å². The fraction of sp³-hybridized carbons (Fsp3) is 0.130. The molecular formula is C23H18Br2N2O3. The van der Waals surface area contributed by atoms with Crippen LogP contribution in [0.2, 0.25) is 0 Å². The molecule has 0 spiro atoms. The number of benzene rings is 3. The Morgan fingerprint density at radius 2 is 1.70 bits per heavy atom. The molecule has 0 unspecified atom stereocenters. The van der Waals surface area contributed by atoms with E-state index in [2.05, 4.69) is 67.5 Å². The summed E-state index contributed by atoms with van der Waals surface area (Å²) >= 11 is 7.09. The summed E-state index contributed by atoms with van der Waals surface area (Å²) in [6.07, 6.45) is 1.65. The second-order valence-electron chi connectivity index (χ2n) is 6.82. The van der Waals surface area contributed by atoms with Gasteiger partial charge in [0.05, 0.1) is 8.95 Å². The molecule has 1 aliphatic rings. The molecule has 1 aliphatic heterocycles. The van der Waals surface area contributed by atoms with Crippen LogP contribution in [-0.4, -0.2) is 23.4 Å². The van der Waals surface area contributed by atoms with Crippen LogP contribution in [0.5, 0.6) is 5.75 Å². The molecule has 0 aliphatic carbocycles. The minimum atomic E-state index is -0.401. The Hall–Kier alpha value is -2.64. The van der Waals surface area contributed by atoms with Gasteiger partial charge in [-0.2, -0.15) is 0 Å². The number of hydrogen-bond donors (Lipinski definition) is 1. The molecule has 152 valence electrons. The molecule has 3 aromatic carbocycles. The molecule has 0 bridgehead atoms. The van der Waals surface area contributed by atoms with E-state index in [4.69, 9.17) is 4.74 Å². The van der Waals surface area contributed by atoms with Gasteiger partial charge in [-0.05, 0) is 85.0 Å². The van der Waals surface area contributed by atoms with Crippen LogP contribution in [0.15, 0.2) is 69.2 Å². The summed E-state index contributed by atoms with van der Waals surface area (Å²) in [7, 11) is 0. The van der Waals surface area contributed by atoms with Crippen LogP contribution >= 0.6 is 31.9 Å². The largest absolute Gasteiger partial charge is 0.487 e. The van der Waals surface area contributed by atoms with Crippen molar-refractivity contribution >= 4 is 60.6 Å². The fourth-order valence-electron chi connectivity index (χ4n) is 3.31. The number of nitrogens with zero attached hydrogens (tertiary/aromatic N) is 1. The number of ether oxygens (including phenoxy) is 1. The Morgan fingerprint density at radius 1 is 1.00 bits per heavy atom. The third kappa shape index (κ3) is 4.13. The van der Waals surface area contributed by atoms with E-state index < -0.39 is 6.03 Å². The zero-order valence-corrected chi connectivity index (χ0v) is 19.3. The van der Waals surface area contributed by atoms with Crippen LogP contribution in [0.3, 0.4) is 0 Å². The average Bonchev–Trinajstić information content (AvgIpc) is 2.99. The number of fused-ring (bicyclic) bond motifs is 1. The molecule has 1 saturated heterocycles. The minimum absolute atomic E-state index is 0.255. The van der Waals surface area contributed by atoms with E-state index in [9.17, 15) is 9.59 Å². The maximum absolute atomic E-state index is 12.3. The smallest absolute Gasteiger partial charge is 0.328 e. The number of rotatable bonds is 5. The van der Waals surface area contributed by atoms with Crippen molar-refractivity contribution in [3.63, 3.8) is 0 Å². The minimum Gasteiger partial charge on any atom is -0.487 e. The van der Waals surface area contributed by atoms with Crippen molar-refractivity contribution in [3.05, 3.63) is 80.4 Å². The van der Waals surface area contributed by atoms with Crippen LogP contribution in [0.25, 0.3) is 16.8 Å². The van der Waals surface area contributed by atoms with E-state index >= 15 is 0 Å². The fourth-order valence-corrected chi connectivity index (χ4v) is 4.76. The van der Waals surface area contributed by atoms with Crippen LogP contribution in [0.4, 0.5) is 4.79 Å². The van der Waals surface area contributed by atoms with E-state index in [1.807, 2.05) is 24.3 Å². The third-order valence-electron chi connectivity index (χ3n) is 4.81. The monoisotopic (exact) mass is 528 g/mol. The number of urea groups is 1. The molecule has 5 nitrogen and oxygen atoms in total. The first-order chi connectivity index (χ1) is 14.5. The first-order valence-electron chi connectivity index (χ1n) is 9.40. The number of likely N-dealkylation sites (N-methyl/N-ethyl adjacent to an activating group) is 1. The summed E-state index contributed by atoms with van der Waals surface area (Å²) < 4.78 is 7.53. The van der Waals surface area contributed by atoms with Crippen molar-refractivity contribution in [2.24, 2.45) is 0 Å². The highest BCUT2D eigenvalue weighted by molar-refractivity contribution is 9.11. The predicted molar refractivity (Wildman–Crippen MR) is 124 cm³/mol. The highest BCUT2D eigenvalue weighted by Crippen LogP contribution is 2.36. The summed E-state index contributed by atoms with van der Waals surface area (Å²) in [6, 6.07) is 17.7. The number of amides is 3. The molecule has 0 saturated carbocycles. The lowest BCUT2D eigenvalue weighted by Crippen LogP contribution is -2.30. The lowest BCUT2D eigenvalue weighted by Gasteiger charge is -2.12. The molecule has 30 heavy (non-hydrogen) atoms. The molecule has 0 atom stereocenters. The number of carbonyl (C=O) groups is 2. The molecule has 3 amide bonds.